The van der Waals surface area contributed by atoms with Crippen LogP contribution in [0.4, 0.5) is 10.1 Å². The number of aromatic nitrogens is 2. The van der Waals surface area contributed by atoms with Crippen molar-refractivity contribution in [3.63, 3.8) is 0 Å². The minimum atomic E-state index is -0.233. The summed E-state index contributed by atoms with van der Waals surface area (Å²) in [4.78, 5) is 0. The van der Waals surface area contributed by atoms with Gasteiger partial charge in [-0.2, -0.15) is 5.10 Å². The first-order valence-electron chi connectivity index (χ1n) is 6.39. The molecule has 0 amide bonds. The topological polar surface area (TPSA) is 29.9 Å². The Labute approximate surface area is 113 Å². The number of benzene rings is 1. The molecule has 3 nitrogen and oxygen atoms in total. The Kier molecular flexibility index (Phi) is 3.60. The molecular formula is C15H20FN3. The highest BCUT2D eigenvalue weighted by Crippen LogP contribution is 2.25. The molecule has 2 rings (SSSR count). The Morgan fingerprint density at radius 1 is 1.26 bits per heavy atom. The van der Waals surface area contributed by atoms with Gasteiger partial charge in [0.05, 0.1) is 11.4 Å². The molecule has 1 aromatic carbocycles. The van der Waals surface area contributed by atoms with Gasteiger partial charge in [0.1, 0.15) is 5.82 Å². The number of rotatable bonds is 3. The molecule has 0 spiro atoms. The van der Waals surface area contributed by atoms with Gasteiger partial charge in [0.2, 0.25) is 0 Å². The van der Waals surface area contributed by atoms with Crippen molar-refractivity contribution in [1.82, 2.24) is 9.78 Å². The number of anilines is 1. The molecule has 0 aliphatic carbocycles. The summed E-state index contributed by atoms with van der Waals surface area (Å²) in [6.45, 7) is 6.95. The second-order valence-corrected chi connectivity index (χ2v) is 5.76. The zero-order chi connectivity index (χ0) is 14.0. The lowest BCUT2D eigenvalue weighted by atomic mass is 9.89. The van der Waals surface area contributed by atoms with Gasteiger partial charge in [0.25, 0.3) is 0 Å². The summed E-state index contributed by atoms with van der Waals surface area (Å²) in [5, 5.41) is 7.63. The molecule has 19 heavy (non-hydrogen) atoms. The highest BCUT2D eigenvalue weighted by molar-refractivity contribution is 5.45. The number of halogens is 1. The standard InChI is InChI=1S/C15H20FN3/c1-15(2,3)14-11(10-19(4)18-14)9-17-13-8-6-5-7-12(13)16/h5-8,10,17H,9H2,1-4H3. The molecule has 2 aromatic rings. The SMILES string of the molecule is Cn1cc(CNc2ccccc2F)c(C(C)(C)C)n1. The van der Waals surface area contributed by atoms with E-state index in [0.717, 1.165) is 11.3 Å². The quantitative estimate of drug-likeness (QED) is 0.917. The summed E-state index contributed by atoms with van der Waals surface area (Å²) in [6, 6.07) is 6.70. The van der Waals surface area contributed by atoms with E-state index in [1.54, 1.807) is 16.8 Å². The first-order valence-corrected chi connectivity index (χ1v) is 6.39. The second kappa shape index (κ2) is 5.03. The van der Waals surface area contributed by atoms with E-state index in [4.69, 9.17) is 0 Å². The van der Waals surface area contributed by atoms with Crippen LogP contribution in [0.2, 0.25) is 0 Å². The lowest BCUT2D eigenvalue weighted by Gasteiger charge is -2.18. The van der Waals surface area contributed by atoms with Crippen LogP contribution < -0.4 is 5.32 Å². The second-order valence-electron chi connectivity index (χ2n) is 5.76. The number of aryl methyl sites for hydroxylation is 1. The summed E-state index contributed by atoms with van der Waals surface area (Å²) in [7, 11) is 1.90. The highest BCUT2D eigenvalue weighted by atomic mass is 19.1. The fourth-order valence-electron chi connectivity index (χ4n) is 2.09. The van der Waals surface area contributed by atoms with Crippen LogP contribution in [0.1, 0.15) is 32.0 Å². The third kappa shape index (κ3) is 3.13. The molecule has 4 heteroatoms. The minimum Gasteiger partial charge on any atom is -0.378 e. The van der Waals surface area contributed by atoms with E-state index in [1.807, 2.05) is 19.3 Å². The van der Waals surface area contributed by atoms with Crippen LogP contribution >= 0.6 is 0 Å². The van der Waals surface area contributed by atoms with E-state index in [-0.39, 0.29) is 11.2 Å². The average molecular weight is 261 g/mol. The van der Waals surface area contributed by atoms with E-state index in [0.29, 0.717) is 12.2 Å². The van der Waals surface area contributed by atoms with Crippen molar-refractivity contribution < 1.29 is 4.39 Å². The predicted molar refractivity (Wildman–Crippen MR) is 75.6 cm³/mol. The number of hydrogen-bond acceptors (Lipinski definition) is 2. The number of nitrogens with one attached hydrogen (secondary N) is 1. The minimum absolute atomic E-state index is 0.0203. The van der Waals surface area contributed by atoms with Crippen LogP contribution in [-0.2, 0) is 19.0 Å². The van der Waals surface area contributed by atoms with Gasteiger partial charge >= 0.3 is 0 Å². The van der Waals surface area contributed by atoms with Crippen LogP contribution in [0.25, 0.3) is 0 Å². The van der Waals surface area contributed by atoms with E-state index < -0.39 is 0 Å². The number of para-hydroxylation sites is 1. The molecule has 0 fully saturated rings. The molecular weight excluding hydrogens is 241 g/mol. The third-order valence-corrected chi connectivity index (χ3v) is 2.96. The molecule has 102 valence electrons. The van der Waals surface area contributed by atoms with Crippen molar-refractivity contribution >= 4 is 5.69 Å². The summed E-state index contributed by atoms with van der Waals surface area (Å²) >= 11 is 0. The molecule has 0 unspecified atom stereocenters. The maximum Gasteiger partial charge on any atom is 0.146 e. The van der Waals surface area contributed by atoms with Crippen molar-refractivity contribution in [2.75, 3.05) is 5.32 Å². The van der Waals surface area contributed by atoms with Crippen LogP contribution in [-0.4, -0.2) is 9.78 Å². The van der Waals surface area contributed by atoms with E-state index in [1.165, 1.54) is 6.07 Å². The third-order valence-electron chi connectivity index (χ3n) is 2.96. The molecule has 1 heterocycles. The van der Waals surface area contributed by atoms with Crippen molar-refractivity contribution in [2.24, 2.45) is 7.05 Å². The highest BCUT2D eigenvalue weighted by Gasteiger charge is 2.21. The van der Waals surface area contributed by atoms with Crippen molar-refractivity contribution in [3.8, 4) is 0 Å². The maximum absolute atomic E-state index is 13.5. The van der Waals surface area contributed by atoms with E-state index in [2.05, 4.69) is 31.2 Å². The zero-order valence-corrected chi connectivity index (χ0v) is 11.9. The van der Waals surface area contributed by atoms with Gasteiger partial charge in [-0.1, -0.05) is 32.9 Å². The molecule has 0 saturated heterocycles. The normalized spacial score (nSPS) is 11.6. The van der Waals surface area contributed by atoms with Gasteiger partial charge in [0, 0.05) is 30.8 Å². The molecule has 0 radical (unpaired) electrons. The van der Waals surface area contributed by atoms with Gasteiger partial charge in [0.15, 0.2) is 0 Å². The van der Waals surface area contributed by atoms with E-state index in [9.17, 15) is 4.39 Å². The molecule has 0 bridgehead atoms. The number of hydrogen-bond donors (Lipinski definition) is 1. The smallest absolute Gasteiger partial charge is 0.146 e. The first-order chi connectivity index (χ1) is 8.88. The Hall–Kier alpha value is -1.84. The van der Waals surface area contributed by atoms with Gasteiger partial charge in [-0.05, 0) is 12.1 Å². The number of nitrogens with zero attached hydrogens (tertiary/aromatic N) is 2. The van der Waals surface area contributed by atoms with Crippen molar-refractivity contribution in [1.29, 1.82) is 0 Å². The maximum atomic E-state index is 13.5. The molecule has 1 N–H and O–H groups in total. The van der Waals surface area contributed by atoms with E-state index >= 15 is 0 Å². The Bertz CT molecular complexity index is 567. The monoisotopic (exact) mass is 261 g/mol. The summed E-state index contributed by atoms with van der Waals surface area (Å²) in [6.07, 6.45) is 1.98. The summed E-state index contributed by atoms with van der Waals surface area (Å²) in [5.41, 5.74) is 2.64. The van der Waals surface area contributed by atoms with Gasteiger partial charge < -0.3 is 5.32 Å². The van der Waals surface area contributed by atoms with Gasteiger partial charge in [-0.15, -0.1) is 0 Å². The van der Waals surface area contributed by atoms with Crippen molar-refractivity contribution in [2.45, 2.75) is 32.7 Å². The Morgan fingerprint density at radius 2 is 1.95 bits per heavy atom. The Morgan fingerprint density at radius 3 is 2.58 bits per heavy atom. The molecule has 0 aliphatic heterocycles. The zero-order valence-electron chi connectivity index (χ0n) is 11.9. The largest absolute Gasteiger partial charge is 0.378 e. The van der Waals surface area contributed by atoms with Crippen LogP contribution in [0.15, 0.2) is 30.5 Å². The van der Waals surface area contributed by atoms with Gasteiger partial charge in [-0.25, -0.2) is 4.39 Å². The molecule has 0 aliphatic rings. The van der Waals surface area contributed by atoms with Gasteiger partial charge in [-0.3, -0.25) is 4.68 Å². The van der Waals surface area contributed by atoms with Crippen molar-refractivity contribution in [3.05, 3.63) is 47.5 Å². The fourth-order valence-corrected chi connectivity index (χ4v) is 2.09. The predicted octanol–water partition coefficient (Wildman–Crippen LogP) is 3.47. The first kappa shape index (κ1) is 13.6. The fraction of sp³-hybridized carbons (Fsp3) is 0.400. The summed E-state index contributed by atoms with van der Waals surface area (Å²) in [5.74, 6) is -0.233. The molecule has 0 saturated carbocycles. The lowest BCUT2D eigenvalue weighted by molar-refractivity contribution is 0.549. The summed E-state index contributed by atoms with van der Waals surface area (Å²) < 4.78 is 15.4. The molecule has 1 aromatic heterocycles. The molecule has 0 atom stereocenters. The average Bonchev–Trinajstić information content (AvgIpc) is 2.69. The van der Waals surface area contributed by atoms with Crippen LogP contribution in [0.3, 0.4) is 0 Å². The Balaban J connectivity index is 2.19. The van der Waals surface area contributed by atoms with Crippen LogP contribution in [0.5, 0.6) is 0 Å². The lowest BCUT2D eigenvalue weighted by Crippen LogP contribution is -2.16. The van der Waals surface area contributed by atoms with Crippen LogP contribution in [0, 0.1) is 5.82 Å².